The summed E-state index contributed by atoms with van der Waals surface area (Å²) in [4.78, 5) is 12.0. The standard InChI is InChI=1S/C15H23NO3S/c1-5-19-14(17)13(16-20(18)15(2,3)4)11-12-9-7-6-8-10-12/h6-10,13,16H,5,11H2,1-4H3/t13-,20-/m1/s1. The number of benzene rings is 1. The van der Waals surface area contributed by atoms with Crippen molar-refractivity contribution >= 4 is 17.0 Å². The molecular weight excluding hydrogens is 274 g/mol. The molecule has 4 nitrogen and oxygen atoms in total. The maximum absolute atomic E-state index is 12.2. The van der Waals surface area contributed by atoms with Gasteiger partial charge in [-0.2, -0.15) is 0 Å². The SMILES string of the molecule is CCOC(=O)[C@@H](Cc1ccccc1)N[S@](=O)C(C)(C)C. The van der Waals surface area contributed by atoms with E-state index >= 15 is 0 Å². The van der Waals surface area contributed by atoms with Gasteiger partial charge in [0, 0.05) is 0 Å². The second kappa shape index (κ2) is 7.55. The van der Waals surface area contributed by atoms with Crippen molar-refractivity contribution in [2.45, 2.75) is 44.9 Å². The highest BCUT2D eigenvalue weighted by Crippen LogP contribution is 2.12. The van der Waals surface area contributed by atoms with Gasteiger partial charge in [-0.3, -0.25) is 4.79 Å². The van der Waals surface area contributed by atoms with Crippen LogP contribution in [0.25, 0.3) is 0 Å². The number of hydrogen-bond acceptors (Lipinski definition) is 3. The average Bonchev–Trinajstić information content (AvgIpc) is 2.38. The molecule has 5 heteroatoms. The Kier molecular flexibility index (Phi) is 6.36. The van der Waals surface area contributed by atoms with Crippen LogP contribution < -0.4 is 4.72 Å². The molecule has 0 unspecified atom stereocenters. The van der Waals surface area contributed by atoms with E-state index in [1.807, 2.05) is 51.1 Å². The summed E-state index contributed by atoms with van der Waals surface area (Å²) in [5, 5.41) is 0. The van der Waals surface area contributed by atoms with Crippen molar-refractivity contribution in [1.29, 1.82) is 0 Å². The zero-order chi connectivity index (χ0) is 15.2. The Labute approximate surface area is 123 Å². The van der Waals surface area contributed by atoms with E-state index < -0.39 is 21.8 Å². The fourth-order valence-corrected chi connectivity index (χ4v) is 2.36. The monoisotopic (exact) mass is 297 g/mol. The molecule has 0 bridgehead atoms. The van der Waals surface area contributed by atoms with Crippen LogP contribution in [0.1, 0.15) is 33.3 Å². The Bertz CT molecular complexity index is 454. The molecule has 0 heterocycles. The molecule has 1 aromatic rings. The largest absolute Gasteiger partial charge is 0.465 e. The van der Waals surface area contributed by atoms with E-state index in [2.05, 4.69) is 4.72 Å². The molecule has 0 saturated heterocycles. The van der Waals surface area contributed by atoms with Crippen LogP contribution in [0.3, 0.4) is 0 Å². The van der Waals surface area contributed by atoms with Gasteiger partial charge in [0.2, 0.25) is 0 Å². The maximum Gasteiger partial charge on any atom is 0.324 e. The van der Waals surface area contributed by atoms with Gasteiger partial charge in [0.15, 0.2) is 0 Å². The molecule has 0 aliphatic heterocycles. The van der Waals surface area contributed by atoms with Gasteiger partial charge in [-0.15, -0.1) is 0 Å². The predicted octanol–water partition coefficient (Wildman–Crippen LogP) is 2.21. The smallest absolute Gasteiger partial charge is 0.324 e. The number of esters is 1. The van der Waals surface area contributed by atoms with Crippen LogP contribution >= 0.6 is 0 Å². The molecule has 0 amide bonds. The number of carbonyl (C=O) groups is 1. The van der Waals surface area contributed by atoms with Gasteiger partial charge in [0.05, 0.1) is 22.3 Å². The molecule has 0 radical (unpaired) electrons. The highest BCUT2D eigenvalue weighted by Gasteiger charge is 2.27. The van der Waals surface area contributed by atoms with E-state index in [-0.39, 0.29) is 5.97 Å². The Morgan fingerprint density at radius 3 is 2.40 bits per heavy atom. The topological polar surface area (TPSA) is 55.4 Å². The third kappa shape index (κ3) is 5.43. The summed E-state index contributed by atoms with van der Waals surface area (Å²) in [5.74, 6) is -0.367. The van der Waals surface area contributed by atoms with Crippen molar-refractivity contribution in [3.63, 3.8) is 0 Å². The minimum absolute atomic E-state index is 0.313. The lowest BCUT2D eigenvalue weighted by molar-refractivity contribution is -0.145. The first-order valence-corrected chi connectivity index (χ1v) is 7.88. The van der Waals surface area contributed by atoms with Gasteiger partial charge in [-0.25, -0.2) is 8.93 Å². The number of hydrogen-bond donors (Lipinski definition) is 1. The zero-order valence-corrected chi connectivity index (χ0v) is 13.3. The van der Waals surface area contributed by atoms with E-state index in [0.29, 0.717) is 13.0 Å². The number of ether oxygens (including phenoxy) is 1. The van der Waals surface area contributed by atoms with E-state index in [0.717, 1.165) is 5.56 Å². The van der Waals surface area contributed by atoms with Crippen LogP contribution in [-0.4, -0.2) is 27.6 Å². The second-order valence-electron chi connectivity index (χ2n) is 5.49. The lowest BCUT2D eigenvalue weighted by atomic mass is 10.1. The quantitative estimate of drug-likeness (QED) is 0.819. The van der Waals surface area contributed by atoms with E-state index in [9.17, 15) is 9.00 Å². The third-order valence-corrected chi connectivity index (χ3v) is 4.27. The maximum atomic E-state index is 12.2. The van der Waals surface area contributed by atoms with Crippen molar-refractivity contribution in [3.05, 3.63) is 35.9 Å². The first-order chi connectivity index (χ1) is 9.34. The summed E-state index contributed by atoms with van der Waals surface area (Å²) < 4.78 is 19.7. The van der Waals surface area contributed by atoms with Crippen LogP contribution in [-0.2, 0) is 26.9 Å². The molecule has 0 spiro atoms. The van der Waals surface area contributed by atoms with Crippen molar-refractivity contribution in [1.82, 2.24) is 4.72 Å². The van der Waals surface area contributed by atoms with Crippen molar-refractivity contribution in [2.75, 3.05) is 6.61 Å². The van der Waals surface area contributed by atoms with Gasteiger partial charge < -0.3 is 4.74 Å². The summed E-state index contributed by atoms with van der Waals surface area (Å²) in [5.41, 5.74) is 1.00. The third-order valence-electron chi connectivity index (χ3n) is 2.66. The van der Waals surface area contributed by atoms with E-state index in [4.69, 9.17) is 4.74 Å². The molecule has 0 aromatic heterocycles. The molecular formula is C15H23NO3S. The van der Waals surface area contributed by atoms with Crippen molar-refractivity contribution < 1.29 is 13.7 Å². The summed E-state index contributed by atoms with van der Waals surface area (Å²) in [6.07, 6.45) is 0.460. The summed E-state index contributed by atoms with van der Waals surface area (Å²) in [7, 11) is -1.32. The normalized spacial score (nSPS) is 14.6. The van der Waals surface area contributed by atoms with Crippen molar-refractivity contribution in [3.8, 4) is 0 Å². The van der Waals surface area contributed by atoms with Gasteiger partial charge in [0.1, 0.15) is 6.04 Å². The molecule has 0 saturated carbocycles. The molecule has 0 fully saturated rings. The summed E-state index contributed by atoms with van der Waals surface area (Å²) >= 11 is 0. The number of carbonyl (C=O) groups excluding carboxylic acids is 1. The average molecular weight is 297 g/mol. The van der Waals surface area contributed by atoms with Crippen LogP contribution in [0.5, 0.6) is 0 Å². The molecule has 1 N–H and O–H groups in total. The van der Waals surface area contributed by atoms with E-state index in [1.54, 1.807) is 6.92 Å². The summed E-state index contributed by atoms with van der Waals surface area (Å²) in [6, 6.07) is 9.03. The minimum atomic E-state index is -1.32. The Morgan fingerprint density at radius 2 is 1.90 bits per heavy atom. The van der Waals surface area contributed by atoms with Gasteiger partial charge in [-0.1, -0.05) is 30.3 Å². The fraction of sp³-hybridized carbons (Fsp3) is 0.533. The Morgan fingerprint density at radius 1 is 1.30 bits per heavy atom. The highest BCUT2D eigenvalue weighted by molar-refractivity contribution is 7.84. The molecule has 2 atom stereocenters. The van der Waals surface area contributed by atoms with Gasteiger partial charge >= 0.3 is 5.97 Å². The summed E-state index contributed by atoms with van der Waals surface area (Å²) in [6.45, 7) is 7.66. The molecule has 112 valence electrons. The first-order valence-electron chi connectivity index (χ1n) is 6.73. The van der Waals surface area contributed by atoms with Crippen LogP contribution in [0.15, 0.2) is 30.3 Å². The van der Waals surface area contributed by atoms with Gasteiger partial charge in [0.25, 0.3) is 0 Å². The number of nitrogens with one attached hydrogen (secondary N) is 1. The molecule has 0 aliphatic carbocycles. The lowest BCUT2D eigenvalue weighted by Crippen LogP contribution is -2.45. The van der Waals surface area contributed by atoms with E-state index in [1.165, 1.54) is 0 Å². The number of rotatable bonds is 6. The first kappa shape index (κ1) is 16.9. The molecule has 1 rings (SSSR count). The highest BCUT2D eigenvalue weighted by atomic mass is 32.2. The molecule has 1 aromatic carbocycles. The minimum Gasteiger partial charge on any atom is -0.465 e. The van der Waals surface area contributed by atoms with Gasteiger partial charge in [-0.05, 0) is 39.7 Å². The zero-order valence-electron chi connectivity index (χ0n) is 12.5. The molecule has 0 aliphatic rings. The Balaban J connectivity index is 2.81. The van der Waals surface area contributed by atoms with Crippen LogP contribution in [0, 0.1) is 0 Å². The lowest BCUT2D eigenvalue weighted by Gasteiger charge is -2.23. The predicted molar refractivity (Wildman–Crippen MR) is 81.6 cm³/mol. The Hall–Kier alpha value is -1.20. The van der Waals surface area contributed by atoms with Crippen LogP contribution in [0.4, 0.5) is 0 Å². The second-order valence-corrected chi connectivity index (χ2v) is 7.49. The fourth-order valence-electron chi connectivity index (χ4n) is 1.57. The molecule has 20 heavy (non-hydrogen) atoms. The van der Waals surface area contributed by atoms with Crippen molar-refractivity contribution in [2.24, 2.45) is 0 Å². The van der Waals surface area contributed by atoms with Crippen LogP contribution in [0.2, 0.25) is 0 Å².